The predicted molar refractivity (Wildman–Crippen MR) is 76.8 cm³/mol. The molecule has 0 aromatic carbocycles. The van der Waals surface area contributed by atoms with E-state index in [1.165, 1.54) is 12.0 Å². The third kappa shape index (κ3) is 2.50. The van der Waals surface area contributed by atoms with E-state index in [1.54, 1.807) is 0 Å². The summed E-state index contributed by atoms with van der Waals surface area (Å²) in [4.78, 5) is 11.0. The molecule has 3 rings (SSSR count). The summed E-state index contributed by atoms with van der Waals surface area (Å²) < 4.78 is 0. The maximum atomic E-state index is 5.84. The molecule has 0 saturated carbocycles. The van der Waals surface area contributed by atoms with Crippen molar-refractivity contribution in [2.75, 3.05) is 30.3 Å². The molecule has 1 aromatic rings. The van der Waals surface area contributed by atoms with Crippen LogP contribution in [0.5, 0.6) is 0 Å². The molecule has 19 heavy (non-hydrogen) atoms. The van der Waals surface area contributed by atoms with E-state index in [-0.39, 0.29) is 0 Å². The number of fused-ring (bicyclic) bond motifs is 1. The zero-order valence-electron chi connectivity index (χ0n) is 11.4. The minimum Gasteiger partial charge on any atom is -0.390 e. The van der Waals surface area contributed by atoms with Crippen LogP contribution in [0, 0.1) is 5.92 Å². The number of hydrogen-bond acceptors (Lipinski definition) is 5. The lowest BCUT2D eigenvalue weighted by atomic mass is 10.1. The van der Waals surface area contributed by atoms with Gasteiger partial charge in [0.05, 0.1) is 0 Å². The molecular weight excluding hydrogens is 238 g/mol. The summed E-state index contributed by atoms with van der Waals surface area (Å²) in [6.45, 7) is 5.23. The highest BCUT2D eigenvalue weighted by Gasteiger charge is 2.31. The number of rotatable bonds is 4. The van der Waals surface area contributed by atoms with Gasteiger partial charge in [0.1, 0.15) is 5.82 Å². The minimum atomic E-state index is 0.396. The van der Waals surface area contributed by atoms with Gasteiger partial charge in [-0.3, -0.25) is 0 Å². The number of aryl methyl sites for hydroxylation is 1. The Morgan fingerprint density at radius 1 is 1.47 bits per heavy atom. The number of anilines is 2. The molecule has 0 radical (unpaired) electrons. The van der Waals surface area contributed by atoms with E-state index in [1.807, 2.05) is 0 Å². The largest absolute Gasteiger partial charge is 0.390 e. The lowest BCUT2D eigenvalue weighted by Gasteiger charge is -2.18. The Kier molecular flexibility index (Phi) is 3.27. The number of nitrogens with one attached hydrogen (secondary N) is 1. The molecule has 1 saturated heterocycles. The fourth-order valence-corrected chi connectivity index (χ4v) is 2.81. The first-order valence-electron chi connectivity index (χ1n) is 7.07. The number of nitrogens with zero attached hydrogens (tertiary/aromatic N) is 3. The molecule has 102 valence electrons. The van der Waals surface area contributed by atoms with Gasteiger partial charge in [0.2, 0.25) is 5.95 Å². The lowest BCUT2D eigenvalue weighted by molar-refractivity contribution is 0.675. The van der Waals surface area contributed by atoms with Gasteiger partial charge >= 0.3 is 0 Å². The van der Waals surface area contributed by atoms with Gasteiger partial charge in [0.15, 0.2) is 0 Å². The Morgan fingerprint density at radius 3 is 3.16 bits per heavy atom. The maximum absolute atomic E-state index is 5.84. The van der Waals surface area contributed by atoms with Crippen LogP contribution in [0.2, 0.25) is 0 Å². The van der Waals surface area contributed by atoms with Gasteiger partial charge in [-0.2, -0.15) is 4.98 Å². The van der Waals surface area contributed by atoms with Crippen LogP contribution in [0.25, 0.3) is 0 Å². The summed E-state index contributed by atoms with van der Waals surface area (Å²) in [7, 11) is 0. The van der Waals surface area contributed by atoms with Crippen molar-refractivity contribution in [1.29, 1.82) is 0 Å². The van der Waals surface area contributed by atoms with E-state index in [0.29, 0.717) is 11.9 Å². The van der Waals surface area contributed by atoms with Crippen molar-refractivity contribution < 1.29 is 0 Å². The van der Waals surface area contributed by atoms with Crippen molar-refractivity contribution in [3.05, 3.63) is 23.5 Å². The van der Waals surface area contributed by atoms with Gasteiger partial charge in [-0.05, 0) is 24.6 Å². The Balaban J connectivity index is 1.79. The van der Waals surface area contributed by atoms with Crippen LogP contribution in [-0.4, -0.2) is 29.6 Å². The third-order valence-corrected chi connectivity index (χ3v) is 3.88. The van der Waals surface area contributed by atoms with Crippen molar-refractivity contribution in [3.63, 3.8) is 0 Å². The third-order valence-electron chi connectivity index (χ3n) is 3.88. The summed E-state index contributed by atoms with van der Waals surface area (Å²) >= 11 is 0. The molecule has 2 aliphatic heterocycles. The molecule has 1 atom stereocenters. The highest BCUT2D eigenvalue weighted by Crippen LogP contribution is 2.29. The molecular formula is C14H21N5. The zero-order valence-corrected chi connectivity index (χ0v) is 11.4. The SMILES string of the molecule is CCCCc1cc(N2CC3=CNCC3C2)nc(N)n1. The molecule has 5 nitrogen and oxygen atoms in total. The zero-order chi connectivity index (χ0) is 13.2. The van der Waals surface area contributed by atoms with Crippen LogP contribution in [-0.2, 0) is 6.42 Å². The molecule has 5 heteroatoms. The van der Waals surface area contributed by atoms with Crippen LogP contribution in [0.15, 0.2) is 17.8 Å². The second kappa shape index (κ2) is 5.07. The Morgan fingerprint density at radius 2 is 2.37 bits per heavy atom. The van der Waals surface area contributed by atoms with E-state index < -0.39 is 0 Å². The number of hydrogen-bond donors (Lipinski definition) is 2. The van der Waals surface area contributed by atoms with E-state index in [9.17, 15) is 0 Å². The fraction of sp³-hybridized carbons (Fsp3) is 0.571. The van der Waals surface area contributed by atoms with Gasteiger partial charge < -0.3 is 16.0 Å². The van der Waals surface area contributed by atoms with Crippen molar-refractivity contribution in [3.8, 4) is 0 Å². The van der Waals surface area contributed by atoms with Crippen LogP contribution in [0.1, 0.15) is 25.5 Å². The number of unbranched alkanes of at least 4 members (excludes halogenated alkanes) is 1. The van der Waals surface area contributed by atoms with E-state index in [2.05, 4.69) is 39.4 Å². The van der Waals surface area contributed by atoms with Crippen LogP contribution < -0.4 is 16.0 Å². The summed E-state index contributed by atoms with van der Waals surface area (Å²) in [5.41, 5.74) is 8.38. The Hall–Kier alpha value is -1.78. The second-order valence-electron chi connectivity index (χ2n) is 5.38. The first-order chi connectivity index (χ1) is 9.26. The highest BCUT2D eigenvalue weighted by atomic mass is 15.2. The van der Waals surface area contributed by atoms with Crippen molar-refractivity contribution >= 4 is 11.8 Å². The summed E-state index contributed by atoms with van der Waals surface area (Å²) in [6, 6.07) is 2.10. The van der Waals surface area contributed by atoms with Gasteiger partial charge in [0.25, 0.3) is 0 Å². The van der Waals surface area contributed by atoms with Crippen LogP contribution >= 0.6 is 0 Å². The summed E-state index contributed by atoms with van der Waals surface area (Å²) in [6.07, 6.45) is 5.45. The molecule has 0 bridgehead atoms. The second-order valence-corrected chi connectivity index (χ2v) is 5.38. The van der Waals surface area contributed by atoms with E-state index in [4.69, 9.17) is 5.73 Å². The number of nitrogen functional groups attached to an aromatic ring is 1. The lowest BCUT2D eigenvalue weighted by Crippen LogP contribution is -2.24. The molecule has 0 amide bonds. The van der Waals surface area contributed by atoms with Gasteiger partial charge in [-0.25, -0.2) is 4.98 Å². The highest BCUT2D eigenvalue weighted by molar-refractivity contribution is 5.48. The van der Waals surface area contributed by atoms with Crippen LogP contribution in [0.4, 0.5) is 11.8 Å². The predicted octanol–water partition coefficient (Wildman–Crippen LogP) is 1.32. The molecule has 3 heterocycles. The van der Waals surface area contributed by atoms with Crippen molar-refractivity contribution in [1.82, 2.24) is 15.3 Å². The average molecular weight is 259 g/mol. The van der Waals surface area contributed by atoms with Crippen molar-refractivity contribution in [2.24, 2.45) is 5.92 Å². The summed E-state index contributed by atoms with van der Waals surface area (Å²) in [5, 5.41) is 3.30. The summed E-state index contributed by atoms with van der Waals surface area (Å²) in [5.74, 6) is 2.01. The first-order valence-corrected chi connectivity index (χ1v) is 7.07. The molecule has 1 unspecified atom stereocenters. The normalized spacial score (nSPS) is 21.2. The van der Waals surface area contributed by atoms with Crippen molar-refractivity contribution in [2.45, 2.75) is 26.2 Å². The smallest absolute Gasteiger partial charge is 0.222 e. The number of aromatic nitrogens is 2. The molecule has 1 aromatic heterocycles. The quantitative estimate of drug-likeness (QED) is 0.853. The standard InChI is InChI=1S/C14H21N5/c1-2-3-4-12-5-13(18-14(15)17-12)19-8-10-6-16-7-11(10)9-19/h5-6,11,16H,2-4,7-9H2,1H3,(H2,15,17,18). The monoisotopic (exact) mass is 259 g/mol. The van der Waals surface area contributed by atoms with E-state index >= 15 is 0 Å². The van der Waals surface area contributed by atoms with Gasteiger partial charge in [-0.15, -0.1) is 0 Å². The topological polar surface area (TPSA) is 67.1 Å². The number of nitrogens with two attached hydrogens (primary N) is 1. The molecule has 2 aliphatic rings. The fourth-order valence-electron chi connectivity index (χ4n) is 2.81. The Bertz CT molecular complexity index is 497. The van der Waals surface area contributed by atoms with E-state index in [0.717, 1.165) is 44.0 Å². The maximum Gasteiger partial charge on any atom is 0.222 e. The first kappa shape index (κ1) is 12.3. The molecule has 0 spiro atoms. The molecule has 3 N–H and O–H groups in total. The molecule has 1 fully saturated rings. The van der Waals surface area contributed by atoms with Crippen LogP contribution in [0.3, 0.4) is 0 Å². The average Bonchev–Trinajstić information content (AvgIpc) is 2.96. The molecule has 0 aliphatic carbocycles. The van der Waals surface area contributed by atoms with Gasteiger partial charge in [0, 0.05) is 37.3 Å². The Labute approximate surface area is 113 Å². The minimum absolute atomic E-state index is 0.396. The van der Waals surface area contributed by atoms with Gasteiger partial charge in [-0.1, -0.05) is 13.3 Å².